The van der Waals surface area contributed by atoms with Gasteiger partial charge in [-0.25, -0.2) is 5.43 Å². The summed E-state index contributed by atoms with van der Waals surface area (Å²) in [5, 5.41) is 6.71. The lowest BCUT2D eigenvalue weighted by molar-refractivity contribution is -0.130. The van der Waals surface area contributed by atoms with Crippen molar-refractivity contribution in [1.29, 1.82) is 0 Å². The molecule has 0 aliphatic carbocycles. The molecule has 148 valence electrons. The van der Waals surface area contributed by atoms with E-state index in [1.54, 1.807) is 12.1 Å². The lowest BCUT2D eigenvalue weighted by Gasteiger charge is -2.30. The fourth-order valence-electron chi connectivity index (χ4n) is 2.53. The number of hydrogen-bond donors (Lipinski definition) is 2. The van der Waals surface area contributed by atoms with E-state index in [9.17, 15) is 14.4 Å². The Labute approximate surface area is 181 Å². The number of carbonyl (C=O) groups excluding carboxylic acids is 3. The van der Waals surface area contributed by atoms with Gasteiger partial charge in [-0.15, -0.1) is 0 Å². The van der Waals surface area contributed by atoms with Crippen LogP contribution >= 0.6 is 35.4 Å². The van der Waals surface area contributed by atoms with Crippen LogP contribution in [0, 0.1) is 12.8 Å². The van der Waals surface area contributed by atoms with Gasteiger partial charge >= 0.3 is 0 Å². The van der Waals surface area contributed by atoms with Gasteiger partial charge in [-0.3, -0.25) is 19.3 Å². The van der Waals surface area contributed by atoms with Crippen LogP contribution in [-0.2, 0) is 9.59 Å². The van der Waals surface area contributed by atoms with Gasteiger partial charge in [0.1, 0.15) is 0 Å². The van der Waals surface area contributed by atoms with Gasteiger partial charge in [0.05, 0.1) is 15.7 Å². The van der Waals surface area contributed by atoms with Crippen LogP contribution in [0.4, 0.5) is 5.69 Å². The normalized spacial score (nSPS) is 16.9. The first-order valence-electron chi connectivity index (χ1n) is 8.32. The van der Waals surface area contributed by atoms with Crippen LogP contribution in [0.15, 0.2) is 47.6 Å². The predicted molar refractivity (Wildman–Crippen MR) is 115 cm³/mol. The first kappa shape index (κ1) is 20.9. The van der Waals surface area contributed by atoms with Crippen molar-refractivity contribution in [1.82, 2.24) is 10.7 Å². The monoisotopic (exact) mass is 448 g/mol. The first-order valence-corrected chi connectivity index (χ1v) is 9.48. The standard InChI is InChI=1S/C19H14Cl2N4O3S/c1-10-2-5-12(6-3-10)25-18(28)13(17(27)23-19(25)29)9-22-24-16(26)11-4-7-14(20)15(21)8-11/h2-9,13H,1H3,(H,24,26)(H,23,27,29)/b22-9+/t13-/m1/s1. The number of aryl methyl sites for hydroxylation is 1. The molecule has 1 saturated heterocycles. The van der Waals surface area contributed by atoms with Crippen LogP contribution in [0.2, 0.25) is 10.0 Å². The third-order valence-corrected chi connectivity index (χ3v) is 5.09. The topological polar surface area (TPSA) is 90.9 Å². The molecule has 10 heteroatoms. The molecule has 0 saturated carbocycles. The number of rotatable bonds is 4. The summed E-state index contributed by atoms with van der Waals surface area (Å²) in [6, 6.07) is 11.4. The zero-order valence-corrected chi connectivity index (χ0v) is 17.3. The SMILES string of the molecule is Cc1ccc(N2C(=O)[C@H](/C=N/NC(=O)c3ccc(Cl)c(Cl)c3)C(=O)NC2=S)cc1. The molecule has 2 aromatic carbocycles. The minimum atomic E-state index is -1.25. The number of nitrogens with zero attached hydrogens (tertiary/aromatic N) is 2. The van der Waals surface area contributed by atoms with E-state index in [4.69, 9.17) is 35.4 Å². The van der Waals surface area contributed by atoms with Gasteiger partial charge < -0.3 is 5.32 Å². The molecule has 3 rings (SSSR count). The molecule has 3 amide bonds. The Hall–Kier alpha value is -2.81. The van der Waals surface area contributed by atoms with Crippen molar-refractivity contribution in [3.8, 4) is 0 Å². The van der Waals surface area contributed by atoms with E-state index in [0.717, 1.165) is 11.8 Å². The molecule has 2 aromatic rings. The number of hydrogen-bond acceptors (Lipinski definition) is 5. The zero-order valence-electron chi connectivity index (χ0n) is 15.0. The highest BCUT2D eigenvalue weighted by Gasteiger charge is 2.38. The Bertz CT molecular complexity index is 1040. The fourth-order valence-corrected chi connectivity index (χ4v) is 3.13. The van der Waals surface area contributed by atoms with Crippen molar-refractivity contribution in [2.45, 2.75) is 6.92 Å². The summed E-state index contributed by atoms with van der Waals surface area (Å²) in [6.07, 6.45) is 1.05. The van der Waals surface area contributed by atoms with E-state index in [1.165, 1.54) is 23.1 Å². The summed E-state index contributed by atoms with van der Waals surface area (Å²) in [5.74, 6) is -3.03. The maximum atomic E-state index is 12.8. The summed E-state index contributed by atoms with van der Waals surface area (Å²) in [6.45, 7) is 1.91. The summed E-state index contributed by atoms with van der Waals surface area (Å²) in [4.78, 5) is 38.3. The lowest BCUT2D eigenvalue weighted by atomic mass is 10.1. The van der Waals surface area contributed by atoms with E-state index in [-0.39, 0.29) is 15.7 Å². The summed E-state index contributed by atoms with van der Waals surface area (Å²) in [7, 11) is 0. The van der Waals surface area contributed by atoms with Crippen molar-refractivity contribution in [2.24, 2.45) is 11.0 Å². The molecule has 2 N–H and O–H groups in total. The molecule has 0 radical (unpaired) electrons. The number of hydrazone groups is 1. The highest BCUT2D eigenvalue weighted by atomic mass is 35.5. The quantitative estimate of drug-likeness (QED) is 0.325. The molecular formula is C19H14Cl2N4O3S. The molecule has 1 aliphatic heterocycles. The number of benzene rings is 2. The van der Waals surface area contributed by atoms with Gasteiger partial charge in [0, 0.05) is 11.8 Å². The highest BCUT2D eigenvalue weighted by Crippen LogP contribution is 2.23. The number of thiocarbonyl (C=S) groups is 1. The fraction of sp³-hybridized carbons (Fsp3) is 0.105. The van der Waals surface area contributed by atoms with Crippen LogP contribution < -0.4 is 15.6 Å². The smallest absolute Gasteiger partial charge is 0.271 e. The average Bonchev–Trinajstić information content (AvgIpc) is 2.67. The molecule has 7 nitrogen and oxygen atoms in total. The van der Waals surface area contributed by atoms with Crippen molar-refractivity contribution < 1.29 is 14.4 Å². The molecule has 1 atom stereocenters. The second kappa shape index (κ2) is 8.69. The zero-order chi connectivity index (χ0) is 21.1. The van der Waals surface area contributed by atoms with Crippen LogP contribution in [0.5, 0.6) is 0 Å². The molecule has 0 aromatic heterocycles. The van der Waals surface area contributed by atoms with Gasteiger partial charge in [-0.1, -0.05) is 40.9 Å². The summed E-state index contributed by atoms with van der Waals surface area (Å²) >= 11 is 16.8. The number of amides is 3. The number of carbonyl (C=O) groups is 3. The Kier molecular flexibility index (Phi) is 6.26. The average molecular weight is 449 g/mol. The Morgan fingerprint density at radius 2 is 1.86 bits per heavy atom. The molecular weight excluding hydrogens is 435 g/mol. The van der Waals surface area contributed by atoms with Crippen molar-refractivity contribution in [3.05, 3.63) is 63.6 Å². The van der Waals surface area contributed by atoms with E-state index < -0.39 is 23.6 Å². The Morgan fingerprint density at radius 1 is 1.17 bits per heavy atom. The first-order chi connectivity index (χ1) is 13.8. The molecule has 1 fully saturated rings. The second-order valence-corrected chi connectivity index (χ2v) is 7.33. The third kappa shape index (κ3) is 4.61. The molecule has 29 heavy (non-hydrogen) atoms. The summed E-state index contributed by atoms with van der Waals surface area (Å²) < 4.78 is 0. The number of anilines is 1. The van der Waals surface area contributed by atoms with Crippen molar-refractivity contribution in [2.75, 3.05) is 4.90 Å². The molecule has 0 unspecified atom stereocenters. The number of nitrogens with one attached hydrogen (secondary N) is 2. The maximum absolute atomic E-state index is 12.8. The molecule has 1 heterocycles. The maximum Gasteiger partial charge on any atom is 0.271 e. The van der Waals surface area contributed by atoms with Gasteiger partial charge in [-0.05, 0) is 49.5 Å². The minimum absolute atomic E-state index is 0.0201. The lowest BCUT2D eigenvalue weighted by Crippen LogP contribution is -2.58. The van der Waals surface area contributed by atoms with Gasteiger partial charge in [0.15, 0.2) is 11.0 Å². The van der Waals surface area contributed by atoms with Crippen molar-refractivity contribution in [3.63, 3.8) is 0 Å². The molecule has 0 spiro atoms. The minimum Gasteiger partial charge on any atom is -0.301 e. The molecule has 1 aliphatic rings. The van der Waals surface area contributed by atoms with Crippen molar-refractivity contribution >= 4 is 70.2 Å². The molecule has 0 bridgehead atoms. The van der Waals surface area contributed by atoms with Crippen LogP contribution in [0.1, 0.15) is 15.9 Å². The predicted octanol–water partition coefficient (Wildman–Crippen LogP) is 3.08. The number of halogens is 2. The van der Waals surface area contributed by atoms with Crippen LogP contribution in [0.25, 0.3) is 0 Å². The van der Waals surface area contributed by atoms with Crippen LogP contribution in [0.3, 0.4) is 0 Å². The van der Waals surface area contributed by atoms with Crippen LogP contribution in [-0.4, -0.2) is 29.0 Å². The van der Waals surface area contributed by atoms with Gasteiger partial charge in [0.25, 0.3) is 11.8 Å². The van der Waals surface area contributed by atoms with E-state index in [2.05, 4.69) is 15.8 Å². The highest BCUT2D eigenvalue weighted by molar-refractivity contribution is 7.80. The third-order valence-electron chi connectivity index (χ3n) is 4.07. The Morgan fingerprint density at radius 3 is 2.52 bits per heavy atom. The largest absolute Gasteiger partial charge is 0.301 e. The van der Waals surface area contributed by atoms with E-state index in [1.807, 2.05) is 19.1 Å². The Balaban J connectivity index is 1.74. The summed E-state index contributed by atoms with van der Waals surface area (Å²) in [5.41, 5.74) is 4.00. The van der Waals surface area contributed by atoms with E-state index >= 15 is 0 Å². The van der Waals surface area contributed by atoms with Gasteiger partial charge in [-0.2, -0.15) is 5.10 Å². The van der Waals surface area contributed by atoms with E-state index in [0.29, 0.717) is 10.7 Å². The second-order valence-electron chi connectivity index (χ2n) is 6.13. The van der Waals surface area contributed by atoms with Gasteiger partial charge in [0.2, 0.25) is 5.91 Å².